The fraction of sp³-hybridized carbons (Fsp3) is 0.462. The smallest absolute Gasteiger partial charge is 0.251 e. The molecule has 0 saturated heterocycles. The fourth-order valence-electron chi connectivity index (χ4n) is 2.33. The SMILES string of the molecule is NC(=O)c1cc(Br)c(N[C@H]2CC[C@H](N)CC2)cc1F. The monoisotopic (exact) mass is 329 g/mol. The highest BCUT2D eigenvalue weighted by Gasteiger charge is 2.20. The van der Waals surface area contributed by atoms with E-state index in [1.165, 1.54) is 12.1 Å². The third-order valence-electron chi connectivity index (χ3n) is 3.45. The van der Waals surface area contributed by atoms with E-state index in [0.29, 0.717) is 10.2 Å². The first-order chi connectivity index (χ1) is 8.97. The summed E-state index contributed by atoms with van der Waals surface area (Å²) in [6.45, 7) is 0. The molecule has 6 heteroatoms. The Labute approximate surface area is 119 Å². The Kier molecular flexibility index (Phi) is 4.42. The number of carbonyl (C=O) groups is 1. The molecule has 1 fully saturated rings. The van der Waals surface area contributed by atoms with Gasteiger partial charge in [-0.25, -0.2) is 4.39 Å². The highest BCUT2D eigenvalue weighted by molar-refractivity contribution is 9.10. The van der Waals surface area contributed by atoms with Gasteiger partial charge < -0.3 is 16.8 Å². The Morgan fingerprint density at radius 2 is 1.95 bits per heavy atom. The van der Waals surface area contributed by atoms with Crippen molar-refractivity contribution in [3.8, 4) is 0 Å². The predicted molar refractivity (Wildman–Crippen MR) is 76.5 cm³/mol. The Hall–Kier alpha value is -1.14. The van der Waals surface area contributed by atoms with E-state index in [2.05, 4.69) is 21.2 Å². The maximum absolute atomic E-state index is 13.7. The van der Waals surface area contributed by atoms with Crippen LogP contribution in [0.15, 0.2) is 16.6 Å². The summed E-state index contributed by atoms with van der Waals surface area (Å²) in [5, 5.41) is 3.28. The molecule has 5 N–H and O–H groups in total. The Bertz CT molecular complexity index is 487. The summed E-state index contributed by atoms with van der Waals surface area (Å²) in [7, 11) is 0. The van der Waals surface area contributed by atoms with Gasteiger partial charge in [-0.15, -0.1) is 0 Å². The highest BCUT2D eigenvalue weighted by atomic mass is 79.9. The van der Waals surface area contributed by atoms with Crippen LogP contribution in [-0.4, -0.2) is 18.0 Å². The van der Waals surface area contributed by atoms with Crippen molar-refractivity contribution in [2.75, 3.05) is 5.32 Å². The summed E-state index contributed by atoms with van der Waals surface area (Å²) >= 11 is 3.33. The lowest BCUT2D eigenvalue weighted by atomic mass is 9.91. The number of hydrogen-bond donors (Lipinski definition) is 3. The average Bonchev–Trinajstić information content (AvgIpc) is 2.35. The fourth-order valence-corrected chi connectivity index (χ4v) is 2.79. The lowest BCUT2D eigenvalue weighted by molar-refractivity contribution is 0.0996. The number of nitrogens with two attached hydrogens (primary N) is 2. The van der Waals surface area contributed by atoms with Gasteiger partial charge in [0, 0.05) is 16.6 Å². The van der Waals surface area contributed by atoms with E-state index in [1.54, 1.807) is 0 Å². The maximum Gasteiger partial charge on any atom is 0.251 e. The third-order valence-corrected chi connectivity index (χ3v) is 4.11. The van der Waals surface area contributed by atoms with E-state index < -0.39 is 11.7 Å². The van der Waals surface area contributed by atoms with Gasteiger partial charge in [0.25, 0.3) is 5.91 Å². The van der Waals surface area contributed by atoms with Gasteiger partial charge in [0.05, 0.1) is 11.3 Å². The molecule has 19 heavy (non-hydrogen) atoms. The van der Waals surface area contributed by atoms with Crippen molar-refractivity contribution in [1.29, 1.82) is 0 Å². The van der Waals surface area contributed by atoms with E-state index in [1.807, 2.05) is 0 Å². The van der Waals surface area contributed by atoms with Gasteiger partial charge in [-0.05, 0) is 53.7 Å². The van der Waals surface area contributed by atoms with Crippen LogP contribution in [0.3, 0.4) is 0 Å². The standard InChI is InChI=1S/C13H17BrFN3O/c14-10-5-9(13(17)19)11(15)6-12(10)18-8-3-1-7(16)2-4-8/h5-8,18H,1-4,16H2,(H2,17,19)/t7-,8-. The van der Waals surface area contributed by atoms with Crippen LogP contribution in [0.2, 0.25) is 0 Å². The van der Waals surface area contributed by atoms with E-state index in [-0.39, 0.29) is 17.6 Å². The molecule has 0 unspecified atom stereocenters. The summed E-state index contributed by atoms with van der Waals surface area (Å²) in [6, 6.07) is 3.28. The summed E-state index contributed by atoms with van der Waals surface area (Å²) < 4.78 is 14.4. The summed E-state index contributed by atoms with van der Waals surface area (Å²) in [4.78, 5) is 11.0. The molecular weight excluding hydrogens is 313 g/mol. The minimum atomic E-state index is -0.770. The van der Waals surface area contributed by atoms with Gasteiger partial charge >= 0.3 is 0 Å². The van der Waals surface area contributed by atoms with E-state index >= 15 is 0 Å². The summed E-state index contributed by atoms with van der Waals surface area (Å²) in [5.74, 6) is -1.38. The van der Waals surface area contributed by atoms with Crippen LogP contribution in [-0.2, 0) is 0 Å². The quantitative estimate of drug-likeness (QED) is 0.796. The average molecular weight is 330 g/mol. The van der Waals surface area contributed by atoms with E-state index in [0.717, 1.165) is 25.7 Å². The molecule has 1 saturated carbocycles. The van der Waals surface area contributed by atoms with Crippen molar-refractivity contribution in [2.24, 2.45) is 11.5 Å². The van der Waals surface area contributed by atoms with E-state index in [4.69, 9.17) is 11.5 Å². The number of hydrogen-bond acceptors (Lipinski definition) is 3. The van der Waals surface area contributed by atoms with E-state index in [9.17, 15) is 9.18 Å². The second kappa shape index (κ2) is 5.88. The number of halogens is 2. The molecule has 0 aromatic heterocycles. The number of carbonyl (C=O) groups excluding carboxylic acids is 1. The predicted octanol–water partition coefficient (Wildman–Crippen LogP) is 2.37. The number of nitrogens with one attached hydrogen (secondary N) is 1. The minimum absolute atomic E-state index is 0.108. The van der Waals surface area contributed by atoms with Crippen LogP contribution >= 0.6 is 15.9 Å². The highest BCUT2D eigenvalue weighted by Crippen LogP contribution is 2.29. The van der Waals surface area contributed by atoms with Gasteiger partial charge in [0.2, 0.25) is 0 Å². The second-order valence-corrected chi connectivity index (χ2v) is 5.79. The van der Waals surface area contributed by atoms with Crippen LogP contribution < -0.4 is 16.8 Å². The largest absolute Gasteiger partial charge is 0.381 e. The lowest BCUT2D eigenvalue weighted by Gasteiger charge is -2.28. The number of rotatable bonds is 3. The molecule has 1 aliphatic rings. The van der Waals surface area contributed by atoms with Crippen molar-refractivity contribution in [2.45, 2.75) is 37.8 Å². The molecule has 0 spiro atoms. The Morgan fingerprint density at radius 3 is 2.53 bits per heavy atom. The molecule has 0 heterocycles. The first-order valence-electron chi connectivity index (χ1n) is 6.28. The molecule has 1 amide bonds. The van der Waals surface area contributed by atoms with Crippen LogP contribution in [0.5, 0.6) is 0 Å². The molecule has 0 atom stereocenters. The van der Waals surface area contributed by atoms with Gasteiger partial charge in [-0.3, -0.25) is 4.79 Å². The molecule has 0 aliphatic heterocycles. The molecular formula is C13H17BrFN3O. The Morgan fingerprint density at radius 1 is 1.32 bits per heavy atom. The van der Waals surface area contributed by atoms with Crippen molar-refractivity contribution in [1.82, 2.24) is 0 Å². The van der Waals surface area contributed by atoms with Gasteiger partial charge in [-0.2, -0.15) is 0 Å². The summed E-state index contributed by atoms with van der Waals surface area (Å²) in [5.41, 5.74) is 11.5. The number of amides is 1. The van der Waals surface area contributed by atoms with Crippen LogP contribution in [0.1, 0.15) is 36.0 Å². The second-order valence-electron chi connectivity index (χ2n) is 4.93. The van der Waals surface area contributed by atoms with Gasteiger partial charge in [-0.1, -0.05) is 0 Å². The van der Waals surface area contributed by atoms with Crippen LogP contribution in [0.25, 0.3) is 0 Å². The van der Waals surface area contributed by atoms with Crippen LogP contribution in [0, 0.1) is 5.82 Å². The third kappa shape index (κ3) is 3.45. The van der Waals surface area contributed by atoms with Crippen LogP contribution in [0.4, 0.5) is 10.1 Å². The molecule has 1 aliphatic carbocycles. The van der Waals surface area contributed by atoms with Crippen molar-refractivity contribution in [3.05, 3.63) is 28.0 Å². The number of primary amides is 1. The molecule has 4 nitrogen and oxygen atoms in total. The number of anilines is 1. The first-order valence-corrected chi connectivity index (χ1v) is 7.07. The molecule has 0 bridgehead atoms. The molecule has 1 aromatic rings. The lowest BCUT2D eigenvalue weighted by Crippen LogP contribution is -2.32. The number of benzene rings is 1. The molecule has 1 aromatic carbocycles. The summed E-state index contributed by atoms with van der Waals surface area (Å²) in [6.07, 6.45) is 3.87. The zero-order valence-electron chi connectivity index (χ0n) is 10.5. The Balaban J connectivity index is 2.13. The van der Waals surface area contributed by atoms with Crippen molar-refractivity contribution in [3.63, 3.8) is 0 Å². The molecule has 0 radical (unpaired) electrons. The minimum Gasteiger partial charge on any atom is -0.381 e. The van der Waals surface area contributed by atoms with Crippen molar-refractivity contribution >= 4 is 27.5 Å². The zero-order valence-corrected chi connectivity index (χ0v) is 12.0. The first kappa shape index (κ1) is 14.3. The zero-order chi connectivity index (χ0) is 14.0. The maximum atomic E-state index is 13.7. The van der Waals surface area contributed by atoms with Crippen molar-refractivity contribution < 1.29 is 9.18 Å². The normalized spacial score (nSPS) is 23.1. The molecule has 2 rings (SSSR count). The molecule has 104 valence electrons. The topological polar surface area (TPSA) is 81.1 Å². The van der Waals surface area contributed by atoms with Gasteiger partial charge in [0.15, 0.2) is 0 Å². The van der Waals surface area contributed by atoms with Gasteiger partial charge in [0.1, 0.15) is 5.82 Å².